The first-order chi connectivity index (χ1) is 19.2. The van der Waals surface area contributed by atoms with Gasteiger partial charge in [-0.25, -0.2) is 9.98 Å². The second kappa shape index (κ2) is 10.0. The van der Waals surface area contributed by atoms with E-state index < -0.39 is 35.2 Å². The molecule has 2 fully saturated rings. The van der Waals surface area contributed by atoms with Crippen molar-refractivity contribution in [3.8, 4) is 0 Å². The van der Waals surface area contributed by atoms with Gasteiger partial charge in [0.05, 0.1) is 30.2 Å². The average molecular weight is 570 g/mol. The number of nitrogens with one attached hydrogen (secondary N) is 2. The van der Waals surface area contributed by atoms with Gasteiger partial charge in [0.25, 0.3) is 11.9 Å². The number of anilines is 2. The molecule has 6 rings (SSSR count). The predicted octanol–water partition coefficient (Wildman–Crippen LogP) is 3.61. The molecular weight excluding hydrogens is 547 g/mol. The second-order valence-corrected chi connectivity index (χ2v) is 10.2. The molecule has 1 aliphatic carbocycles. The number of nitrogens with two attached hydrogens (primary N) is 1. The van der Waals surface area contributed by atoms with Gasteiger partial charge in [0.1, 0.15) is 5.00 Å². The van der Waals surface area contributed by atoms with E-state index in [0.29, 0.717) is 47.9 Å². The van der Waals surface area contributed by atoms with Crippen molar-refractivity contribution in [1.82, 2.24) is 4.98 Å². The van der Waals surface area contributed by atoms with Crippen LogP contribution in [-0.4, -0.2) is 60.0 Å². The summed E-state index contributed by atoms with van der Waals surface area (Å²) in [4.78, 5) is 27.0. The lowest BCUT2D eigenvalue weighted by Crippen LogP contribution is -2.37. The van der Waals surface area contributed by atoms with Gasteiger partial charge in [-0.1, -0.05) is 59.9 Å². The molecule has 1 amide bonds. The topological polar surface area (TPSA) is 138 Å². The maximum absolute atomic E-state index is 13.5. The number of rotatable bonds is 4. The number of morpholine rings is 1. The quantitative estimate of drug-likeness (QED) is 0.324. The molecule has 1 unspecified atom stereocenters. The summed E-state index contributed by atoms with van der Waals surface area (Å²) >= 11 is 0.435. The zero-order chi connectivity index (χ0) is 28.0. The van der Waals surface area contributed by atoms with Crippen LogP contribution in [0.4, 0.5) is 23.9 Å². The number of alkyl halides is 3. The monoisotopic (exact) mass is 569 g/mol. The van der Waals surface area contributed by atoms with Gasteiger partial charge in [-0.05, 0) is 12.5 Å². The van der Waals surface area contributed by atoms with Crippen LogP contribution >= 0.6 is 11.3 Å². The van der Waals surface area contributed by atoms with Gasteiger partial charge in [0, 0.05) is 17.7 Å². The van der Waals surface area contributed by atoms with E-state index in [0.717, 1.165) is 5.56 Å². The van der Waals surface area contributed by atoms with Crippen LogP contribution in [0.3, 0.4) is 0 Å². The Morgan fingerprint density at radius 2 is 1.95 bits per heavy atom. The number of amidine groups is 1. The average Bonchev–Trinajstić information content (AvgIpc) is 3.61. The van der Waals surface area contributed by atoms with Crippen molar-refractivity contribution in [3.05, 3.63) is 76.4 Å². The number of carbonyl (C=O) groups excluding carboxylic acids is 1. The molecule has 0 radical (unpaired) electrons. The minimum Gasteiger partial charge on any atom is -0.405 e. The highest BCUT2D eigenvalue weighted by atomic mass is 32.1. The number of hydrogen-bond acceptors (Lipinski definition) is 9. The number of aromatic nitrogens is 1. The fraction of sp³-hybridized carbons (Fsp3) is 0.269. The molecule has 3 heterocycles. The molecule has 1 saturated carbocycles. The molecule has 3 atom stereocenters. The molecule has 0 spiro atoms. The smallest absolute Gasteiger partial charge is 0.405 e. The lowest BCUT2D eigenvalue weighted by Gasteiger charge is -2.27. The minimum absolute atomic E-state index is 0.0608. The molecular formula is C26H22F3N7O3S. The number of hydrogen-bond donors (Lipinski definition) is 3. The van der Waals surface area contributed by atoms with E-state index in [9.17, 15) is 18.0 Å². The Hall–Kier alpha value is -4.30. The Bertz CT molecular complexity index is 1540. The van der Waals surface area contributed by atoms with Gasteiger partial charge in [-0.15, -0.1) is 0 Å². The van der Waals surface area contributed by atoms with E-state index in [-0.39, 0.29) is 22.8 Å². The zero-order valence-electron chi connectivity index (χ0n) is 20.7. The van der Waals surface area contributed by atoms with E-state index in [1.54, 1.807) is 23.1 Å². The summed E-state index contributed by atoms with van der Waals surface area (Å²) in [6.45, 7) is 0.697. The van der Waals surface area contributed by atoms with Crippen molar-refractivity contribution < 1.29 is 27.4 Å². The summed E-state index contributed by atoms with van der Waals surface area (Å²) < 4.78 is 51.5. The van der Waals surface area contributed by atoms with Gasteiger partial charge >= 0.3 is 6.18 Å². The van der Waals surface area contributed by atoms with Crippen molar-refractivity contribution in [2.45, 2.75) is 30.9 Å². The lowest BCUT2D eigenvalue weighted by molar-refractivity contribution is -0.137. The van der Waals surface area contributed by atoms with Crippen molar-refractivity contribution in [2.24, 2.45) is 15.7 Å². The number of para-hydroxylation sites is 1. The molecule has 206 valence electrons. The van der Waals surface area contributed by atoms with Crippen LogP contribution in [0.15, 0.2) is 64.6 Å². The fourth-order valence-corrected chi connectivity index (χ4v) is 5.64. The number of carbonyl (C=O) groups is 1. The first-order valence-electron chi connectivity index (χ1n) is 12.3. The number of fused-ring (bicyclic) bond motifs is 2. The van der Waals surface area contributed by atoms with Crippen LogP contribution < -0.4 is 16.0 Å². The largest absolute Gasteiger partial charge is 0.443 e. The Morgan fingerprint density at radius 3 is 2.73 bits per heavy atom. The van der Waals surface area contributed by atoms with Gasteiger partial charge in [0.15, 0.2) is 5.69 Å². The molecule has 3 aromatic rings. The van der Waals surface area contributed by atoms with Crippen LogP contribution in [0, 0.1) is 5.41 Å². The molecule has 3 aliphatic rings. The number of thiazole rings is 1. The summed E-state index contributed by atoms with van der Waals surface area (Å²) in [7, 11) is 0. The molecule has 2 aromatic carbocycles. The molecule has 1 aromatic heterocycles. The number of halogens is 3. The maximum atomic E-state index is 13.5. The number of benzene rings is 2. The van der Waals surface area contributed by atoms with E-state index in [1.165, 1.54) is 0 Å². The zero-order valence-corrected chi connectivity index (χ0v) is 21.5. The summed E-state index contributed by atoms with van der Waals surface area (Å²) in [5.74, 6) is -1.32. The second-order valence-electron chi connectivity index (χ2n) is 9.23. The molecule has 40 heavy (non-hydrogen) atoms. The normalized spacial score (nSPS) is 22.4. The molecule has 1 saturated heterocycles. The van der Waals surface area contributed by atoms with Gasteiger partial charge in [0.2, 0.25) is 17.1 Å². The third-order valence-electron chi connectivity index (χ3n) is 6.52. The van der Waals surface area contributed by atoms with Crippen molar-refractivity contribution >= 4 is 45.6 Å². The first kappa shape index (κ1) is 26.0. The van der Waals surface area contributed by atoms with Crippen LogP contribution in [-0.2, 0) is 20.4 Å². The number of aliphatic imine (C=N–C) groups is 2. The molecule has 10 nitrogen and oxygen atoms in total. The Morgan fingerprint density at radius 1 is 1.20 bits per heavy atom. The van der Waals surface area contributed by atoms with Crippen LogP contribution in [0.25, 0.3) is 0 Å². The van der Waals surface area contributed by atoms with E-state index in [4.69, 9.17) is 20.6 Å². The predicted molar refractivity (Wildman–Crippen MR) is 143 cm³/mol. The summed E-state index contributed by atoms with van der Waals surface area (Å²) in [6.07, 6.45) is -5.47. The Balaban J connectivity index is 1.30. The Kier molecular flexibility index (Phi) is 6.50. The van der Waals surface area contributed by atoms with Crippen molar-refractivity contribution in [2.75, 3.05) is 23.4 Å². The number of amides is 1. The number of benzodiazepines with no additional fused rings is 1. The van der Waals surface area contributed by atoms with Gasteiger partial charge < -0.3 is 25.4 Å². The van der Waals surface area contributed by atoms with E-state index in [1.807, 2.05) is 36.4 Å². The summed E-state index contributed by atoms with van der Waals surface area (Å²) in [5, 5.41) is 10.2. The number of ether oxygens (including phenoxy) is 2. The number of nitrogens with zero attached hydrogens (tertiary/aromatic N) is 4. The molecule has 0 bridgehead atoms. The third kappa shape index (κ3) is 5.02. The highest BCUT2D eigenvalue weighted by molar-refractivity contribution is 7.16. The van der Waals surface area contributed by atoms with Crippen molar-refractivity contribution in [1.29, 1.82) is 5.41 Å². The Labute approximate surface area is 229 Å². The molecule has 2 aliphatic heterocycles. The summed E-state index contributed by atoms with van der Waals surface area (Å²) in [5.41, 5.74) is 8.05. The standard InChI is InChI=1S/C26H22F3N7O3S/c27-26(28,29)24-34-19(23(40-24)36-10-11-38-17-12-16(17)36)20(30)39-25(31)35-21-22(37)32-15-9-5-4-8-14(15)18(33-21)13-6-2-1-3-7-13/h1-9,16-17,21,30H,10-12H2,(H2,31,35)(H,32,37)/t16-,17?,21+/m0/s1. The van der Waals surface area contributed by atoms with Crippen LogP contribution in [0.1, 0.15) is 28.2 Å². The van der Waals surface area contributed by atoms with Crippen LogP contribution in [0.2, 0.25) is 0 Å². The third-order valence-corrected chi connectivity index (χ3v) is 7.66. The molecule has 14 heteroatoms. The lowest BCUT2D eigenvalue weighted by atomic mass is 10.0. The van der Waals surface area contributed by atoms with E-state index >= 15 is 0 Å². The molecule has 4 N–H and O–H groups in total. The van der Waals surface area contributed by atoms with E-state index in [2.05, 4.69) is 20.3 Å². The van der Waals surface area contributed by atoms with Crippen molar-refractivity contribution in [3.63, 3.8) is 0 Å². The SMILES string of the molecule is N=C(O/C(N)=N/[C@H]1N=C(c2ccccc2)c2ccccc2NC1=O)c1nc(C(F)(F)F)sc1N1CCOC2C[C@@H]21. The highest BCUT2D eigenvalue weighted by Crippen LogP contribution is 2.44. The maximum Gasteiger partial charge on any atom is 0.443 e. The fourth-order valence-electron chi connectivity index (χ4n) is 4.62. The van der Waals surface area contributed by atoms with Crippen LogP contribution in [0.5, 0.6) is 0 Å². The van der Waals surface area contributed by atoms with Gasteiger partial charge in [-0.3, -0.25) is 10.2 Å². The summed E-state index contributed by atoms with van der Waals surface area (Å²) in [6, 6.07) is 15.6. The minimum atomic E-state index is -4.71. The first-order valence-corrected chi connectivity index (χ1v) is 13.1. The van der Waals surface area contributed by atoms with Gasteiger partial charge in [-0.2, -0.15) is 18.2 Å². The highest BCUT2D eigenvalue weighted by Gasteiger charge is 2.48.